The maximum Gasteiger partial charge on any atom is 0.255 e. The maximum absolute atomic E-state index is 11.4. The van der Waals surface area contributed by atoms with Gasteiger partial charge in [0.2, 0.25) is 0 Å². The fourth-order valence-electron chi connectivity index (χ4n) is 1.01. The molecule has 0 aromatic heterocycles. The second-order valence-electron chi connectivity index (χ2n) is 3.08. The first kappa shape index (κ1) is 10.7. The second-order valence-corrected chi connectivity index (χ2v) is 3.08. The number of para-hydroxylation sites is 1. The minimum atomic E-state index is -0.644. The Hall–Kier alpha value is -1.39. The third-order valence-electron chi connectivity index (χ3n) is 1.98. The lowest BCUT2D eigenvalue weighted by Gasteiger charge is -2.11. The van der Waals surface area contributed by atoms with Crippen LogP contribution in [0.25, 0.3) is 0 Å². The lowest BCUT2D eigenvalue weighted by molar-refractivity contribution is -0.126. The topological polar surface area (TPSA) is 64.3 Å². The molecule has 1 amide bonds. The van der Waals surface area contributed by atoms with Gasteiger partial charge < -0.3 is 5.32 Å². The normalized spacial score (nSPS) is 12.2. The number of amides is 1. The molecule has 0 radical (unpaired) electrons. The Kier molecular flexibility index (Phi) is 3.62. The van der Waals surface area contributed by atoms with E-state index in [1.165, 1.54) is 0 Å². The Morgan fingerprint density at radius 1 is 1.50 bits per heavy atom. The average molecular weight is 194 g/mol. The largest absolute Gasteiger partial charge is 0.324 e. The van der Waals surface area contributed by atoms with Crippen molar-refractivity contribution in [3.8, 4) is 0 Å². The summed E-state index contributed by atoms with van der Waals surface area (Å²) < 4.78 is 0. The summed E-state index contributed by atoms with van der Waals surface area (Å²) in [6.45, 7) is 3.51. The first-order valence-electron chi connectivity index (χ1n) is 4.37. The number of carbonyl (C=O) groups is 1. The van der Waals surface area contributed by atoms with Crippen molar-refractivity contribution < 1.29 is 9.63 Å². The number of carbonyl (C=O) groups excluding carboxylic acids is 1. The van der Waals surface area contributed by atoms with Crippen LogP contribution in [-0.4, -0.2) is 12.0 Å². The van der Waals surface area contributed by atoms with Crippen LogP contribution in [0.4, 0.5) is 5.69 Å². The molecular formula is C10H14N2O2. The molecule has 4 heteroatoms. The van der Waals surface area contributed by atoms with Crippen molar-refractivity contribution in [2.45, 2.75) is 20.0 Å². The summed E-state index contributed by atoms with van der Waals surface area (Å²) in [5.74, 6) is 4.66. The van der Waals surface area contributed by atoms with Gasteiger partial charge in [-0.15, -0.1) is 0 Å². The minimum absolute atomic E-state index is 0.248. The first-order valence-corrected chi connectivity index (χ1v) is 4.37. The number of anilines is 1. The summed E-state index contributed by atoms with van der Waals surface area (Å²) in [7, 11) is 0. The summed E-state index contributed by atoms with van der Waals surface area (Å²) >= 11 is 0. The molecule has 0 spiro atoms. The Labute approximate surface area is 83.0 Å². The fraction of sp³-hybridized carbons (Fsp3) is 0.300. The summed E-state index contributed by atoms with van der Waals surface area (Å²) in [5.41, 5.74) is 1.78. The van der Waals surface area contributed by atoms with E-state index in [4.69, 9.17) is 5.90 Å². The van der Waals surface area contributed by atoms with E-state index in [0.717, 1.165) is 11.3 Å². The highest BCUT2D eigenvalue weighted by Gasteiger charge is 2.12. The molecule has 76 valence electrons. The molecule has 0 saturated carbocycles. The quantitative estimate of drug-likeness (QED) is 0.711. The lowest BCUT2D eigenvalue weighted by Crippen LogP contribution is -2.30. The van der Waals surface area contributed by atoms with Crippen molar-refractivity contribution >= 4 is 11.6 Å². The molecule has 3 N–H and O–H groups in total. The molecule has 0 aliphatic carbocycles. The molecule has 1 aromatic carbocycles. The van der Waals surface area contributed by atoms with Crippen LogP contribution < -0.4 is 11.2 Å². The molecule has 0 heterocycles. The number of hydrogen-bond acceptors (Lipinski definition) is 3. The van der Waals surface area contributed by atoms with E-state index < -0.39 is 6.10 Å². The van der Waals surface area contributed by atoms with Crippen molar-refractivity contribution in [2.24, 2.45) is 5.90 Å². The monoisotopic (exact) mass is 194 g/mol. The van der Waals surface area contributed by atoms with Gasteiger partial charge >= 0.3 is 0 Å². The Balaban J connectivity index is 2.70. The SMILES string of the molecule is Cc1ccccc1NC(=O)C(C)ON. The van der Waals surface area contributed by atoms with E-state index in [1.807, 2.05) is 31.2 Å². The van der Waals surface area contributed by atoms with Gasteiger partial charge in [0.05, 0.1) is 0 Å². The highest BCUT2D eigenvalue weighted by atomic mass is 16.6. The molecule has 1 rings (SSSR count). The Morgan fingerprint density at radius 3 is 2.71 bits per heavy atom. The van der Waals surface area contributed by atoms with Gasteiger partial charge in [0, 0.05) is 5.69 Å². The third kappa shape index (κ3) is 2.55. The third-order valence-corrected chi connectivity index (χ3v) is 1.98. The summed E-state index contributed by atoms with van der Waals surface area (Å²) in [6, 6.07) is 7.52. The molecule has 1 aromatic rings. The van der Waals surface area contributed by atoms with Crippen LogP contribution in [0.2, 0.25) is 0 Å². The van der Waals surface area contributed by atoms with Crippen molar-refractivity contribution in [2.75, 3.05) is 5.32 Å². The van der Waals surface area contributed by atoms with Gasteiger partial charge in [-0.2, -0.15) is 0 Å². The molecular weight excluding hydrogens is 180 g/mol. The van der Waals surface area contributed by atoms with Crippen molar-refractivity contribution in [3.63, 3.8) is 0 Å². The van der Waals surface area contributed by atoms with Crippen LogP contribution in [0.1, 0.15) is 12.5 Å². The van der Waals surface area contributed by atoms with E-state index in [0.29, 0.717) is 0 Å². The van der Waals surface area contributed by atoms with E-state index in [1.54, 1.807) is 6.92 Å². The molecule has 1 atom stereocenters. The zero-order chi connectivity index (χ0) is 10.6. The highest BCUT2D eigenvalue weighted by Crippen LogP contribution is 2.13. The molecule has 0 fully saturated rings. The van der Waals surface area contributed by atoms with Crippen molar-refractivity contribution in [1.82, 2.24) is 0 Å². The predicted octanol–water partition coefficient (Wildman–Crippen LogP) is 1.21. The molecule has 0 aliphatic rings. The van der Waals surface area contributed by atoms with Gasteiger partial charge in [0.15, 0.2) is 6.10 Å². The molecule has 0 saturated heterocycles. The van der Waals surface area contributed by atoms with E-state index in [2.05, 4.69) is 10.2 Å². The smallest absolute Gasteiger partial charge is 0.255 e. The predicted molar refractivity (Wildman–Crippen MR) is 54.5 cm³/mol. The van der Waals surface area contributed by atoms with Gasteiger partial charge in [-0.05, 0) is 25.5 Å². The molecule has 0 aliphatic heterocycles. The Morgan fingerprint density at radius 2 is 2.14 bits per heavy atom. The number of aryl methyl sites for hydroxylation is 1. The number of benzene rings is 1. The Bertz CT molecular complexity index is 326. The van der Waals surface area contributed by atoms with Crippen molar-refractivity contribution in [1.29, 1.82) is 0 Å². The van der Waals surface area contributed by atoms with Gasteiger partial charge in [-0.3, -0.25) is 9.63 Å². The van der Waals surface area contributed by atoms with Gasteiger partial charge in [0.1, 0.15) is 0 Å². The lowest BCUT2D eigenvalue weighted by atomic mass is 10.2. The summed E-state index contributed by atoms with van der Waals surface area (Å²) in [5, 5.41) is 2.72. The zero-order valence-electron chi connectivity index (χ0n) is 8.28. The van der Waals surface area contributed by atoms with E-state index in [-0.39, 0.29) is 5.91 Å². The first-order chi connectivity index (χ1) is 6.65. The van der Waals surface area contributed by atoms with Gasteiger partial charge in [-0.25, -0.2) is 5.90 Å². The van der Waals surface area contributed by atoms with Gasteiger partial charge in [-0.1, -0.05) is 18.2 Å². The standard InChI is InChI=1S/C10H14N2O2/c1-7-5-3-4-6-9(7)12-10(13)8(2)14-11/h3-6,8H,11H2,1-2H3,(H,12,13). The zero-order valence-corrected chi connectivity index (χ0v) is 8.28. The highest BCUT2D eigenvalue weighted by molar-refractivity contribution is 5.94. The van der Waals surface area contributed by atoms with Crippen LogP contribution in [0.15, 0.2) is 24.3 Å². The molecule has 1 unspecified atom stereocenters. The van der Waals surface area contributed by atoms with E-state index >= 15 is 0 Å². The fourth-order valence-corrected chi connectivity index (χ4v) is 1.01. The second kappa shape index (κ2) is 4.74. The molecule has 4 nitrogen and oxygen atoms in total. The maximum atomic E-state index is 11.4. The number of nitrogens with one attached hydrogen (secondary N) is 1. The minimum Gasteiger partial charge on any atom is -0.324 e. The number of nitrogens with two attached hydrogens (primary N) is 1. The number of rotatable bonds is 3. The molecule has 14 heavy (non-hydrogen) atoms. The van der Waals surface area contributed by atoms with Crippen LogP contribution >= 0.6 is 0 Å². The average Bonchev–Trinajstić information content (AvgIpc) is 2.20. The van der Waals surface area contributed by atoms with Crippen LogP contribution in [0.3, 0.4) is 0 Å². The van der Waals surface area contributed by atoms with Crippen LogP contribution in [0, 0.1) is 6.92 Å². The van der Waals surface area contributed by atoms with Crippen LogP contribution in [-0.2, 0) is 9.63 Å². The summed E-state index contributed by atoms with van der Waals surface area (Å²) in [6.07, 6.45) is -0.644. The van der Waals surface area contributed by atoms with E-state index in [9.17, 15) is 4.79 Å². The van der Waals surface area contributed by atoms with Crippen molar-refractivity contribution in [3.05, 3.63) is 29.8 Å². The van der Waals surface area contributed by atoms with Crippen LogP contribution in [0.5, 0.6) is 0 Å². The van der Waals surface area contributed by atoms with Gasteiger partial charge in [0.25, 0.3) is 5.91 Å². The number of hydrogen-bond donors (Lipinski definition) is 2. The molecule has 0 bridgehead atoms. The summed E-state index contributed by atoms with van der Waals surface area (Å²) in [4.78, 5) is 15.8.